The Morgan fingerprint density at radius 2 is 2.09 bits per heavy atom. The van der Waals surface area contributed by atoms with Gasteiger partial charge in [-0.2, -0.15) is 0 Å². The Kier molecular flexibility index (Phi) is 9.47. The standard InChI is InChI=1S/C13H21N7O.2ClH/c1-4-14-9(2)5-15-10(21)6-20(3)13-11-12(17-7-16-11)18-8-19-13;;/h7-9,14H,4-6H2,1-3H3,(H,15,21)(H,16,17,18,19);2*1H/t9-;;/m1../s1. The Morgan fingerprint density at radius 3 is 2.78 bits per heavy atom. The molecule has 0 unspecified atom stereocenters. The molecule has 1 atom stereocenters. The molecule has 23 heavy (non-hydrogen) atoms. The fourth-order valence-corrected chi connectivity index (χ4v) is 2.08. The fourth-order valence-electron chi connectivity index (χ4n) is 2.08. The number of carbonyl (C=O) groups is 1. The molecule has 2 rings (SSSR count). The molecular formula is C13H23Cl2N7O. The zero-order valence-corrected chi connectivity index (χ0v) is 15.0. The van der Waals surface area contributed by atoms with Crippen molar-refractivity contribution in [3.8, 4) is 0 Å². The number of aromatic nitrogens is 4. The largest absolute Gasteiger partial charge is 0.353 e. The molecule has 0 spiro atoms. The van der Waals surface area contributed by atoms with E-state index in [1.165, 1.54) is 6.33 Å². The second kappa shape index (κ2) is 10.2. The second-order valence-electron chi connectivity index (χ2n) is 4.92. The van der Waals surface area contributed by atoms with Gasteiger partial charge < -0.3 is 20.5 Å². The average molecular weight is 364 g/mol. The van der Waals surface area contributed by atoms with Crippen molar-refractivity contribution in [2.45, 2.75) is 19.9 Å². The van der Waals surface area contributed by atoms with Crippen LogP contribution in [0.2, 0.25) is 0 Å². The third-order valence-corrected chi connectivity index (χ3v) is 3.10. The lowest BCUT2D eigenvalue weighted by Gasteiger charge is -2.19. The summed E-state index contributed by atoms with van der Waals surface area (Å²) in [5.41, 5.74) is 1.32. The number of halogens is 2. The van der Waals surface area contributed by atoms with Crippen LogP contribution in [-0.2, 0) is 4.79 Å². The number of imidazole rings is 1. The van der Waals surface area contributed by atoms with E-state index >= 15 is 0 Å². The van der Waals surface area contributed by atoms with E-state index in [-0.39, 0.29) is 43.3 Å². The first-order valence-electron chi connectivity index (χ1n) is 6.97. The number of rotatable bonds is 7. The number of hydrogen-bond donors (Lipinski definition) is 3. The van der Waals surface area contributed by atoms with Gasteiger partial charge in [-0.15, -0.1) is 24.8 Å². The molecule has 8 nitrogen and oxygen atoms in total. The van der Waals surface area contributed by atoms with Gasteiger partial charge >= 0.3 is 0 Å². The van der Waals surface area contributed by atoms with E-state index in [2.05, 4.69) is 30.6 Å². The van der Waals surface area contributed by atoms with E-state index in [4.69, 9.17) is 0 Å². The summed E-state index contributed by atoms with van der Waals surface area (Å²) in [6.45, 7) is 5.78. The number of amides is 1. The van der Waals surface area contributed by atoms with E-state index in [0.717, 1.165) is 12.1 Å². The number of hydrogen-bond acceptors (Lipinski definition) is 6. The first-order chi connectivity index (χ1) is 10.1. The van der Waals surface area contributed by atoms with Crippen LogP contribution >= 0.6 is 24.8 Å². The molecule has 0 fully saturated rings. The van der Waals surface area contributed by atoms with E-state index < -0.39 is 0 Å². The molecule has 2 aromatic rings. The molecule has 2 heterocycles. The van der Waals surface area contributed by atoms with E-state index in [0.29, 0.717) is 18.0 Å². The van der Waals surface area contributed by atoms with Crippen LogP contribution in [0.1, 0.15) is 13.8 Å². The predicted octanol–water partition coefficient (Wildman–Crippen LogP) is 0.747. The molecule has 2 aromatic heterocycles. The minimum Gasteiger partial charge on any atom is -0.353 e. The monoisotopic (exact) mass is 363 g/mol. The molecule has 3 N–H and O–H groups in total. The molecule has 130 valence electrons. The van der Waals surface area contributed by atoms with Gasteiger partial charge in [0.25, 0.3) is 0 Å². The molecule has 0 saturated carbocycles. The van der Waals surface area contributed by atoms with Crippen molar-refractivity contribution >= 4 is 47.7 Å². The maximum atomic E-state index is 12.0. The molecule has 0 aliphatic rings. The summed E-state index contributed by atoms with van der Waals surface area (Å²) in [6.07, 6.45) is 3.01. The van der Waals surface area contributed by atoms with Crippen molar-refractivity contribution in [2.24, 2.45) is 0 Å². The van der Waals surface area contributed by atoms with Crippen molar-refractivity contribution < 1.29 is 4.79 Å². The van der Waals surface area contributed by atoms with Crippen molar-refractivity contribution in [1.82, 2.24) is 30.6 Å². The fraction of sp³-hybridized carbons (Fsp3) is 0.538. The van der Waals surface area contributed by atoms with Crippen molar-refractivity contribution in [3.05, 3.63) is 12.7 Å². The Morgan fingerprint density at radius 1 is 1.35 bits per heavy atom. The topological polar surface area (TPSA) is 98.8 Å². The van der Waals surface area contributed by atoms with Gasteiger partial charge in [0, 0.05) is 19.6 Å². The SMILES string of the molecule is CCN[C@H](C)CNC(=O)CN(C)c1ncnc2nc[nH]c12.Cl.Cl. The molecule has 0 radical (unpaired) electrons. The normalized spacial score (nSPS) is 11.3. The van der Waals surface area contributed by atoms with Crippen LogP contribution in [-0.4, -0.2) is 58.6 Å². The van der Waals surface area contributed by atoms with Crippen LogP contribution in [0.25, 0.3) is 11.2 Å². The number of nitrogens with zero attached hydrogens (tertiary/aromatic N) is 4. The third-order valence-electron chi connectivity index (χ3n) is 3.10. The highest BCUT2D eigenvalue weighted by molar-refractivity contribution is 5.87. The summed E-state index contributed by atoms with van der Waals surface area (Å²) >= 11 is 0. The number of carbonyl (C=O) groups excluding carboxylic acids is 1. The van der Waals surface area contributed by atoms with Gasteiger partial charge in [-0.1, -0.05) is 6.92 Å². The first-order valence-corrected chi connectivity index (χ1v) is 6.97. The number of aromatic amines is 1. The van der Waals surface area contributed by atoms with Crippen molar-refractivity contribution in [2.75, 3.05) is 31.6 Å². The minimum atomic E-state index is -0.0477. The van der Waals surface area contributed by atoms with Crippen LogP contribution in [0.15, 0.2) is 12.7 Å². The lowest BCUT2D eigenvalue weighted by Crippen LogP contribution is -2.42. The highest BCUT2D eigenvalue weighted by Gasteiger charge is 2.13. The third kappa shape index (κ3) is 5.81. The van der Waals surface area contributed by atoms with Gasteiger partial charge in [0.05, 0.1) is 12.9 Å². The van der Waals surface area contributed by atoms with Gasteiger partial charge in [-0.05, 0) is 13.5 Å². The van der Waals surface area contributed by atoms with Crippen LogP contribution in [0, 0.1) is 0 Å². The Bertz CT molecular complexity index is 607. The van der Waals surface area contributed by atoms with Crippen LogP contribution in [0.3, 0.4) is 0 Å². The molecule has 0 bridgehead atoms. The Labute approximate surface area is 147 Å². The molecule has 1 amide bonds. The minimum absolute atomic E-state index is 0. The van der Waals surface area contributed by atoms with Gasteiger partial charge in [-0.25, -0.2) is 15.0 Å². The molecule has 0 aromatic carbocycles. The summed E-state index contributed by atoms with van der Waals surface area (Å²) in [6, 6.07) is 0.252. The molecule has 0 aliphatic heterocycles. The zero-order chi connectivity index (χ0) is 15.2. The predicted molar refractivity (Wildman–Crippen MR) is 95.6 cm³/mol. The molecule has 0 saturated heterocycles. The number of fused-ring (bicyclic) bond motifs is 1. The quantitative estimate of drug-likeness (QED) is 0.671. The van der Waals surface area contributed by atoms with Gasteiger partial charge in [0.15, 0.2) is 11.5 Å². The maximum Gasteiger partial charge on any atom is 0.239 e. The maximum absolute atomic E-state index is 12.0. The Balaban J connectivity index is 0.00000242. The number of anilines is 1. The highest BCUT2D eigenvalue weighted by Crippen LogP contribution is 2.17. The Hall–Kier alpha value is -1.64. The summed E-state index contributed by atoms with van der Waals surface area (Å²) < 4.78 is 0. The summed E-state index contributed by atoms with van der Waals surface area (Å²) in [5, 5.41) is 6.14. The van der Waals surface area contributed by atoms with E-state index in [9.17, 15) is 4.79 Å². The van der Waals surface area contributed by atoms with Crippen molar-refractivity contribution in [3.63, 3.8) is 0 Å². The molecular weight excluding hydrogens is 341 g/mol. The van der Waals surface area contributed by atoms with Crippen LogP contribution in [0.5, 0.6) is 0 Å². The first kappa shape index (κ1) is 21.4. The van der Waals surface area contributed by atoms with E-state index in [1.54, 1.807) is 11.2 Å². The number of likely N-dealkylation sites (N-methyl/N-ethyl adjacent to an activating group) is 2. The smallest absolute Gasteiger partial charge is 0.239 e. The second-order valence-corrected chi connectivity index (χ2v) is 4.92. The van der Waals surface area contributed by atoms with Crippen molar-refractivity contribution in [1.29, 1.82) is 0 Å². The van der Waals surface area contributed by atoms with Gasteiger partial charge in [0.2, 0.25) is 5.91 Å². The lowest BCUT2D eigenvalue weighted by atomic mass is 10.3. The molecule has 10 heteroatoms. The van der Waals surface area contributed by atoms with Gasteiger partial charge in [-0.3, -0.25) is 4.79 Å². The summed E-state index contributed by atoms with van der Waals surface area (Å²) in [5.74, 6) is 0.612. The lowest BCUT2D eigenvalue weighted by molar-refractivity contribution is -0.119. The summed E-state index contributed by atoms with van der Waals surface area (Å²) in [4.78, 5) is 29.1. The summed E-state index contributed by atoms with van der Waals surface area (Å²) in [7, 11) is 1.82. The number of H-pyrrole nitrogens is 1. The molecule has 0 aliphatic carbocycles. The highest BCUT2D eigenvalue weighted by atomic mass is 35.5. The number of nitrogens with one attached hydrogen (secondary N) is 3. The van der Waals surface area contributed by atoms with Crippen LogP contribution < -0.4 is 15.5 Å². The van der Waals surface area contributed by atoms with Crippen LogP contribution in [0.4, 0.5) is 5.82 Å². The van der Waals surface area contributed by atoms with Gasteiger partial charge in [0.1, 0.15) is 11.8 Å². The average Bonchev–Trinajstić information content (AvgIpc) is 2.93. The van der Waals surface area contributed by atoms with E-state index in [1.807, 2.05) is 20.9 Å². The zero-order valence-electron chi connectivity index (χ0n) is 13.4.